The van der Waals surface area contributed by atoms with E-state index in [9.17, 15) is 8.42 Å². The van der Waals surface area contributed by atoms with Gasteiger partial charge in [-0.25, -0.2) is 13.6 Å². The predicted octanol–water partition coefficient (Wildman–Crippen LogP) is -0.565. The fourth-order valence-corrected chi connectivity index (χ4v) is 0. The molecule has 48 valence electrons. The Morgan fingerprint density at radius 1 is 1.62 bits per heavy atom. The van der Waals surface area contributed by atoms with Crippen molar-refractivity contribution in [2.45, 2.75) is 6.92 Å². The van der Waals surface area contributed by atoms with Gasteiger partial charge in [0.2, 0.25) is 10.0 Å². The average Bonchev–Trinajstić information content (AvgIpc) is 1.27. The molecule has 0 fully saturated rings. The molecular weight excluding hydrogens is 128 g/mol. The Morgan fingerprint density at radius 2 is 1.62 bits per heavy atom. The van der Waals surface area contributed by atoms with Crippen molar-refractivity contribution in [2.24, 2.45) is 5.14 Å². The lowest BCUT2D eigenvalue weighted by atomic mass is 11.0. The molecule has 0 aromatic carbocycles. The molecule has 0 rings (SSSR count). The summed E-state index contributed by atoms with van der Waals surface area (Å²) in [5, 5.41) is 11.6. The van der Waals surface area contributed by atoms with Crippen molar-refractivity contribution >= 4 is 10.0 Å². The summed E-state index contributed by atoms with van der Waals surface area (Å²) in [7, 11) is -3.17. The summed E-state index contributed by atoms with van der Waals surface area (Å²) in [6.07, 6.45) is 0.938. The minimum atomic E-state index is -3.17. The Balaban J connectivity index is 0. The molecule has 0 bridgehead atoms. The van der Waals surface area contributed by atoms with Crippen LogP contribution in [0.1, 0.15) is 6.92 Å². The summed E-state index contributed by atoms with van der Waals surface area (Å²) in [5.41, 5.74) is 0. The minimum absolute atomic E-state index is 0.938. The summed E-state index contributed by atoms with van der Waals surface area (Å²) in [6, 6.07) is 1.75. The van der Waals surface area contributed by atoms with Crippen LogP contribution in [-0.2, 0) is 10.0 Å². The van der Waals surface area contributed by atoms with Crippen molar-refractivity contribution in [3.8, 4) is 6.07 Å². The number of primary sulfonamides is 1. The summed E-state index contributed by atoms with van der Waals surface area (Å²) in [4.78, 5) is 0. The van der Waals surface area contributed by atoms with Crippen LogP contribution in [0.4, 0.5) is 0 Å². The SMILES string of the molecule is CC#N.CS(N)(=O)=O. The second kappa shape index (κ2) is 4.56. The fraction of sp³-hybridized carbons (Fsp3) is 0.667. The van der Waals surface area contributed by atoms with Gasteiger partial charge in [0.15, 0.2) is 0 Å². The van der Waals surface area contributed by atoms with Crippen molar-refractivity contribution in [1.82, 2.24) is 0 Å². The fourth-order valence-electron chi connectivity index (χ4n) is 0. The van der Waals surface area contributed by atoms with Gasteiger partial charge in [0.1, 0.15) is 0 Å². The van der Waals surface area contributed by atoms with E-state index in [0.717, 1.165) is 6.26 Å². The Labute approximate surface area is 49.0 Å². The van der Waals surface area contributed by atoms with Gasteiger partial charge in [-0.05, 0) is 0 Å². The highest BCUT2D eigenvalue weighted by Crippen LogP contribution is 1.52. The zero-order valence-corrected chi connectivity index (χ0v) is 5.57. The molecule has 0 amide bonds. The quantitative estimate of drug-likeness (QED) is 0.484. The van der Waals surface area contributed by atoms with E-state index in [2.05, 4.69) is 5.14 Å². The molecule has 0 aliphatic carbocycles. The molecule has 2 N–H and O–H groups in total. The third-order valence-corrected chi connectivity index (χ3v) is 0. The molecule has 0 aromatic heterocycles. The van der Waals surface area contributed by atoms with Gasteiger partial charge in [0.25, 0.3) is 0 Å². The van der Waals surface area contributed by atoms with Crippen LogP contribution in [-0.4, -0.2) is 14.7 Å². The largest absolute Gasteiger partial charge is 0.229 e. The minimum Gasteiger partial charge on any atom is -0.229 e. The summed E-state index contributed by atoms with van der Waals surface area (Å²) < 4.78 is 18.8. The Hall–Kier alpha value is -0.600. The molecule has 0 spiro atoms. The molecule has 5 heteroatoms. The van der Waals surface area contributed by atoms with Gasteiger partial charge >= 0.3 is 0 Å². The highest BCUT2D eigenvalue weighted by Gasteiger charge is 1.78. The molecule has 0 unspecified atom stereocenters. The number of nitrogens with zero attached hydrogens (tertiary/aromatic N) is 1. The number of hydrogen-bond acceptors (Lipinski definition) is 3. The van der Waals surface area contributed by atoms with E-state index < -0.39 is 10.0 Å². The molecule has 8 heavy (non-hydrogen) atoms. The van der Waals surface area contributed by atoms with Crippen molar-refractivity contribution in [1.29, 1.82) is 5.26 Å². The van der Waals surface area contributed by atoms with Crippen LogP contribution in [0.15, 0.2) is 0 Å². The molecule has 4 nitrogen and oxygen atoms in total. The Kier molecular flexibility index (Phi) is 5.92. The monoisotopic (exact) mass is 136 g/mol. The van der Waals surface area contributed by atoms with Gasteiger partial charge in [-0.2, -0.15) is 5.26 Å². The zero-order chi connectivity index (χ0) is 7.21. The van der Waals surface area contributed by atoms with E-state index in [1.165, 1.54) is 6.92 Å². The third kappa shape index (κ3) is 290. The molecule has 0 saturated heterocycles. The van der Waals surface area contributed by atoms with Gasteiger partial charge in [-0.3, -0.25) is 0 Å². The first-order chi connectivity index (χ1) is 3.41. The lowest BCUT2D eigenvalue weighted by molar-refractivity contribution is 0.603. The van der Waals surface area contributed by atoms with E-state index in [0.29, 0.717) is 0 Å². The standard InChI is InChI=1S/C2H3N.CH5NO2S/c1-2-3;1-5(2,3)4/h1H3;1H3,(H2,2,3,4). The first-order valence-corrected chi connectivity index (χ1v) is 3.66. The zero-order valence-electron chi connectivity index (χ0n) is 4.75. The summed E-state index contributed by atoms with van der Waals surface area (Å²) in [6.45, 7) is 1.43. The van der Waals surface area contributed by atoms with Gasteiger partial charge in [0, 0.05) is 6.92 Å². The smallest absolute Gasteiger partial charge is 0.206 e. The van der Waals surface area contributed by atoms with Crippen LogP contribution in [0.2, 0.25) is 0 Å². The van der Waals surface area contributed by atoms with Gasteiger partial charge in [0.05, 0.1) is 12.3 Å². The summed E-state index contributed by atoms with van der Waals surface area (Å²) in [5.74, 6) is 0. The third-order valence-electron chi connectivity index (χ3n) is 0. The van der Waals surface area contributed by atoms with E-state index in [4.69, 9.17) is 5.26 Å². The van der Waals surface area contributed by atoms with Crippen LogP contribution in [0.3, 0.4) is 0 Å². The lowest BCUT2D eigenvalue weighted by Crippen LogP contribution is -2.07. The molecule has 0 aliphatic heterocycles. The van der Waals surface area contributed by atoms with Gasteiger partial charge in [-0.15, -0.1) is 0 Å². The second-order valence-electron chi connectivity index (χ2n) is 1.05. The highest BCUT2D eigenvalue weighted by molar-refractivity contribution is 7.88. The average molecular weight is 136 g/mol. The van der Waals surface area contributed by atoms with Crippen LogP contribution >= 0.6 is 0 Å². The van der Waals surface area contributed by atoms with Crippen LogP contribution < -0.4 is 5.14 Å². The molecule has 0 atom stereocenters. The van der Waals surface area contributed by atoms with Crippen molar-refractivity contribution < 1.29 is 8.42 Å². The molecule has 0 aliphatic rings. The number of rotatable bonds is 0. The van der Waals surface area contributed by atoms with Crippen LogP contribution in [0, 0.1) is 11.3 Å². The van der Waals surface area contributed by atoms with E-state index in [1.54, 1.807) is 6.07 Å². The molecule has 0 heterocycles. The normalized spacial score (nSPS) is 8.25. The number of sulfonamides is 1. The second-order valence-corrected chi connectivity index (χ2v) is 2.71. The van der Waals surface area contributed by atoms with E-state index >= 15 is 0 Å². The van der Waals surface area contributed by atoms with E-state index in [1.807, 2.05) is 0 Å². The van der Waals surface area contributed by atoms with Gasteiger partial charge < -0.3 is 0 Å². The van der Waals surface area contributed by atoms with Crippen molar-refractivity contribution in [3.63, 3.8) is 0 Å². The van der Waals surface area contributed by atoms with Crippen LogP contribution in [0.25, 0.3) is 0 Å². The molecular formula is C3H8N2O2S. The van der Waals surface area contributed by atoms with Crippen molar-refractivity contribution in [2.75, 3.05) is 6.26 Å². The maximum Gasteiger partial charge on any atom is 0.206 e. The Bertz CT molecular complexity index is 156. The van der Waals surface area contributed by atoms with E-state index in [-0.39, 0.29) is 0 Å². The first kappa shape index (κ1) is 10.4. The lowest BCUT2D eigenvalue weighted by Gasteiger charge is -1.71. The Morgan fingerprint density at radius 3 is 1.62 bits per heavy atom. The van der Waals surface area contributed by atoms with Crippen LogP contribution in [0.5, 0.6) is 0 Å². The molecule has 0 aromatic rings. The number of hydrogen-bond donors (Lipinski definition) is 1. The van der Waals surface area contributed by atoms with Crippen molar-refractivity contribution in [3.05, 3.63) is 0 Å². The van der Waals surface area contributed by atoms with Gasteiger partial charge in [-0.1, -0.05) is 0 Å². The summed E-state index contributed by atoms with van der Waals surface area (Å²) >= 11 is 0. The topological polar surface area (TPSA) is 83.9 Å². The first-order valence-electron chi connectivity index (χ1n) is 1.70. The highest BCUT2D eigenvalue weighted by atomic mass is 32.2. The molecule has 0 radical (unpaired) electrons. The predicted molar refractivity (Wildman–Crippen MR) is 30.3 cm³/mol. The number of nitriles is 1. The number of nitrogens with two attached hydrogens (primary N) is 1. The molecule has 0 saturated carbocycles. The maximum atomic E-state index is 9.41. The maximum absolute atomic E-state index is 9.41.